The molecule has 2 N–H and O–H groups in total. The summed E-state index contributed by atoms with van der Waals surface area (Å²) in [7, 11) is -3.76. The number of hydrogen-bond acceptors (Lipinski definition) is 4. The third-order valence-corrected chi connectivity index (χ3v) is 6.39. The summed E-state index contributed by atoms with van der Waals surface area (Å²) in [6.45, 7) is 3.92. The van der Waals surface area contributed by atoms with Crippen molar-refractivity contribution in [2.45, 2.75) is 37.6 Å². The van der Waals surface area contributed by atoms with Crippen LogP contribution in [-0.2, 0) is 19.6 Å². The summed E-state index contributed by atoms with van der Waals surface area (Å²) in [5.74, 6) is 0.0992. The lowest BCUT2D eigenvalue weighted by molar-refractivity contribution is -0.120. The third-order valence-electron chi connectivity index (χ3n) is 5.46. The van der Waals surface area contributed by atoms with E-state index in [0.29, 0.717) is 12.2 Å². The van der Waals surface area contributed by atoms with Gasteiger partial charge in [-0.05, 0) is 55.2 Å². The van der Waals surface area contributed by atoms with Crippen LogP contribution in [0, 0.1) is 5.92 Å². The molecule has 2 aliphatic rings. The number of carbonyl (C=O) groups is 2. The average Bonchev–Trinajstić information content (AvgIpc) is 3.51. The first-order valence-corrected chi connectivity index (χ1v) is 11.1. The molecule has 2 amide bonds. The van der Waals surface area contributed by atoms with Crippen molar-refractivity contribution in [3.8, 4) is 11.1 Å². The fraction of sp³-hybridized carbons (Fsp3) is 0.333. The Morgan fingerprint density at radius 1 is 1.00 bits per heavy atom. The van der Waals surface area contributed by atoms with Crippen LogP contribution in [0.4, 0.5) is 11.4 Å². The summed E-state index contributed by atoms with van der Waals surface area (Å²) < 4.78 is 23.0. The van der Waals surface area contributed by atoms with E-state index in [9.17, 15) is 18.0 Å². The van der Waals surface area contributed by atoms with Crippen LogP contribution in [0.2, 0.25) is 0 Å². The summed E-state index contributed by atoms with van der Waals surface area (Å²) >= 11 is 0. The molecule has 8 heteroatoms. The number of rotatable bonds is 3. The van der Waals surface area contributed by atoms with Gasteiger partial charge in [0.15, 0.2) is 0 Å². The molecule has 0 unspecified atom stereocenters. The van der Waals surface area contributed by atoms with Gasteiger partial charge in [-0.15, -0.1) is 0 Å². The van der Waals surface area contributed by atoms with Gasteiger partial charge in [0.1, 0.15) is 0 Å². The number of hydrogen-bond donors (Lipinski definition) is 1. The number of amides is 2. The summed E-state index contributed by atoms with van der Waals surface area (Å²) in [5.41, 5.74) is 3.06. The van der Waals surface area contributed by atoms with Crippen molar-refractivity contribution < 1.29 is 18.0 Å². The average molecular weight is 413 g/mol. The largest absolute Gasteiger partial charge is 0.308 e. The van der Waals surface area contributed by atoms with Gasteiger partial charge in [-0.2, -0.15) is 0 Å². The maximum atomic E-state index is 12.9. The third kappa shape index (κ3) is 3.65. The van der Waals surface area contributed by atoms with Gasteiger partial charge >= 0.3 is 0 Å². The molecule has 7 nitrogen and oxygen atoms in total. The first-order chi connectivity index (χ1) is 13.7. The quantitative estimate of drug-likeness (QED) is 0.835. The van der Waals surface area contributed by atoms with E-state index in [0.717, 1.165) is 29.7 Å². The van der Waals surface area contributed by atoms with E-state index in [-0.39, 0.29) is 28.7 Å². The predicted octanol–water partition coefficient (Wildman–Crippen LogP) is 2.50. The Hall–Kier alpha value is -2.71. The fourth-order valence-electron chi connectivity index (χ4n) is 3.88. The Kier molecular flexibility index (Phi) is 4.71. The second-order valence-electron chi connectivity index (χ2n) is 7.73. The first kappa shape index (κ1) is 19.6. The zero-order valence-electron chi connectivity index (χ0n) is 16.3. The van der Waals surface area contributed by atoms with Gasteiger partial charge in [-0.25, -0.2) is 13.6 Å². The lowest BCUT2D eigenvalue weighted by Crippen LogP contribution is -2.51. The lowest BCUT2D eigenvalue weighted by atomic mass is 10.00. The maximum absolute atomic E-state index is 12.9. The van der Waals surface area contributed by atoms with Gasteiger partial charge in [0, 0.05) is 19.4 Å². The van der Waals surface area contributed by atoms with Crippen LogP contribution in [0.3, 0.4) is 0 Å². The van der Waals surface area contributed by atoms with E-state index in [1.165, 1.54) is 19.1 Å². The first-order valence-electron chi connectivity index (χ1n) is 9.55. The highest BCUT2D eigenvalue weighted by atomic mass is 32.2. The second kappa shape index (κ2) is 6.96. The minimum absolute atomic E-state index is 0.0429. The van der Waals surface area contributed by atoms with Crippen LogP contribution < -0.4 is 14.9 Å². The number of sulfonamides is 1. The van der Waals surface area contributed by atoms with Crippen molar-refractivity contribution in [3.63, 3.8) is 0 Å². The molecule has 1 heterocycles. The zero-order chi connectivity index (χ0) is 20.9. The molecular formula is C21H23N3O4S. The fourth-order valence-corrected chi connectivity index (χ4v) is 4.40. The van der Waals surface area contributed by atoms with Gasteiger partial charge in [-0.3, -0.25) is 9.59 Å². The summed E-state index contributed by atoms with van der Waals surface area (Å²) in [5, 5.41) is 5.17. The molecule has 1 saturated carbocycles. The van der Waals surface area contributed by atoms with Gasteiger partial charge in [0.25, 0.3) is 0 Å². The Balaban J connectivity index is 1.78. The molecule has 1 aliphatic heterocycles. The van der Waals surface area contributed by atoms with Crippen molar-refractivity contribution in [2.75, 3.05) is 16.3 Å². The van der Waals surface area contributed by atoms with Gasteiger partial charge in [-0.1, -0.05) is 18.2 Å². The number of nitrogens with two attached hydrogens (primary N) is 1. The minimum Gasteiger partial charge on any atom is -0.308 e. The van der Waals surface area contributed by atoms with Crippen molar-refractivity contribution in [3.05, 3.63) is 42.5 Å². The number of benzene rings is 2. The summed E-state index contributed by atoms with van der Waals surface area (Å²) in [4.78, 5) is 28.7. The van der Waals surface area contributed by atoms with Gasteiger partial charge in [0.2, 0.25) is 21.8 Å². The molecule has 0 aromatic heterocycles. The Morgan fingerprint density at radius 2 is 1.62 bits per heavy atom. The number of fused-ring (bicyclic) bond motifs is 1. The van der Waals surface area contributed by atoms with E-state index in [1.807, 2.05) is 25.1 Å². The van der Waals surface area contributed by atoms with Crippen LogP contribution in [0.15, 0.2) is 47.4 Å². The van der Waals surface area contributed by atoms with E-state index in [4.69, 9.17) is 5.14 Å². The molecular weight excluding hydrogens is 390 g/mol. The Labute approximate surface area is 170 Å². The molecule has 0 radical (unpaired) electrons. The lowest BCUT2D eigenvalue weighted by Gasteiger charge is -2.41. The maximum Gasteiger partial charge on any atom is 0.238 e. The standard InChI is InChI=1S/C21H23N3O4S/c1-13-12-23(21(26)16-3-4-16)20-11-17(7-10-19(20)24(13)14(2)25)15-5-8-18(9-6-15)29(22,27)28/h5-11,13,16H,3-4,12H2,1-2H3,(H2,22,27,28)/t13-/m0/s1. The highest BCUT2D eigenvalue weighted by molar-refractivity contribution is 7.89. The number of carbonyl (C=O) groups excluding carboxylic acids is 2. The molecule has 0 bridgehead atoms. The molecule has 4 rings (SSSR count). The smallest absolute Gasteiger partial charge is 0.238 e. The second-order valence-corrected chi connectivity index (χ2v) is 9.30. The molecule has 1 atom stereocenters. The van der Waals surface area contributed by atoms with Crippen molar-refractivity contribution in [1.29, 1.82) is 0 Å². The van der Waals surface area contributed by atoms with Crippen LogP contribution in [0.1, 0.15) is 26.7 Å². The van der Waals surface area contributed by atoms with Crippen molar-refractivity contribution in [2.24, 2.45) is 11.1 Å². The topological polar surface area (TPSA) is 101 Å². The van der Waals surface area contributed by atoms with E-state index < -0.39 is 10.0 Å². The molecule has 2 aromatic carbocycles. The van der Waals surface area contributed by atoms with Crippen LogP contribution in [-0.4, -0.2) is 32.8 Å². The molecule has 2 aromatic rings. The molecule has 29 heavy (non-hydrogen) atoms. The predicted molar refractivity (Wildman–Crippen MR) is 111 cm³/mol. The molecule has 0 spiro atoms. The number of anilines is 2. The van der Waals surface area contributed by atoms with Gasteiger partial charge < -0.3 is 9.80 Å². The van der Waals surface area contributed by atoms with Crippen LogP contribution >= 0.6 is 0 Å². The summed E-state index contributed by atoms with van der Waals surface area (Å²) in [6.07, 6.45) is 1.81. The van der Waals surface area contributed by atoms with Crippen LogP contribution in [0.5, 0.6) is 0 Å². The molecule has 1 aliphatic carbocycles. The Bertz CT molecular complexity index is 1090. The van der Waals surface area contributed by atoms with E-state index >= 15 is 0 Å². The number of primary sulfonamides is 1. The van der Waals surface area contributed by atoms with Gasteiger partial charge in [0.05, 0.1) is 22.3 Å². The Morgan fingerprint density at radius 3 is 2.17 bits per heavy atom. The zero-order valence-corrected chi connectivity index (χ0v) is 17.1. The highest BCUT2D eigenvalue weighted by Crippen LogP contribution is 2.42. The SMILES string of the molecule is CC(=O)N1c2ccc(-c3ccc(S(N)(=O)=O)cc3)cc2N(C(=O)C2CC2)C[C@@H]1C. The highest BCUT2D eigenvalue weighted by Gasteiger charge is 2.39. The minimum atomic E-state index is -3.76. The summed E-state index contributed by atoms with van der Waals surface area (Å²) in [6, 6.07) is 11.8. The van der Waals surface area contributed by atoms with E-state index in [2.05, 4.69) is 0 Å². The van der Waals surface area contributed by atoms with E-state index in [1.54, 1.807) is 21.9 Å². The number of nitrogens with zero attached hydrogens (tertiary/aromatic N) is 2. The molecule has 1 fully saturated rings. The molecule has 0 saturated heterocycles. The monoisotopic (exact) mass is 413 g/mol. The molecule has 152 valence electrons. The van der Waals surface area contributed by atoms with Crippen LogP contribution in [0.25, 0.3) is 11.1 Å². The normalized spacial score (nSPS) is 19.1. The van der Waals surface area contributed by atoms with Crippen molar-refractivity contribution in [1.82, 2.24) is 0 Å². The van der Waals surface area contributed by atoms with Crippen molar-refractivity contribution >= 4 is 33.2 Å².